The molecule has 28 heavy (non-hydrogen) atoms. The Morgan fingerprint density at radius 3 is 2.46 bits per heavy atom. The number of hydrogen-bond acceptors (Lipinski definition) is 6. The van der Waals surface area contributed by atoms with Crippen LogP contribution in [0.3, 0.4) is 0 Å². The number of imide groups is 1. The number of carbonyl (C=O) groups excluding carboxylic acids is 2. The van der Waals surface area contributed by atoms with Crippen molar-refractivity contribution < 1.29 is 33.3 Å². The summed E-state index contributed by atoms with van der Waals surface area (Å²) in [7, 11) is 0. The lowest BCUT2D eigenvalue weighted by Gasteiger charge is -2.21. The number of rotatable bonds is 5. The first kappa shape index (κ1) is 19.1. The number of hydrazone groups is 1. The molecular formula is C18H15F2N3O5. The summed E-state index contributed by atoms with van der Waals surface area (Å²) < 4.78 is 28.8. The maximum absolute atomic E-state index is 12.7. The highest BCUT2D eigenvalue weighted by Gasteiger charge is 2.49. The van der Waals surface area contributed by atoms with Crippen molar-refractivity contribution in [3.63, 3.8) is 0 Å². The van der Waals surface area contributed by atoms with Crippen molar-refractivity contribution in [2.45, 2.75) is 19.1 Å². The van der Waals surface area contributed by atoms with Gasteiger partial charge in [0.1, 0.15) is 22.8 Å². The number of halogens is 2. The number of alkyl halides is 2. The van der Waals surface area contributed by atoms with Crippen molar-refractivity contribution in [3.8, 4) is 17.2 Å². The van der Waals surface area contributed by atoms with E-state index in [9.17, 15) is 28.6 Å². The largest absolute Gasteiger partial charge is 0.508 e. The monoisotopic (exact) mass is 391 g/mol. The number of urea groups is 1. The van der Waals surface area contributed by atoms with Gasteiger partial charge in [0.2, 0.25) is 0 Å². The zero-order chi connectivity index (χ0) is 20.5. The summed E-state index contributed by atoms with van der Waals surface area (Å²) in [6.07, 6.45) is 1.09. The summed E-state index contributed by atoms with van der Waals surface area (Å²) in [5.74, 6) is -1.23. The molecule has 146 valence electrons. The van der Waals surface area contributed by atoms with Crippen LogP contribution in [-0.4, -0.2) is 40.0 Å². The number of ether oxygens (including phenoxy) is 1. The molecule has 0 unspecified atom stereocenters. The molecule has 1 heterocycles. The summed E-state index contributed by atoms with van der Waals surface area (Å²) in [5, 5.41) is 25.9. The van der Waals surface area contributed by atoms with E-state index in [-0.39, 0.29) is 22.8 Å². The van der Waals surface area contributed by atoms with Crippen LogP contribution < -0.4 is 10.1 Å². The SMILES string of the molecule is C[C@@]1(c2ccc(OC(F)F)cc2)NC(=O)N(/N=C/c2ccc(O)cc2O)C1=O. The average Bonchev–Trinajstić information content (AvgIpc) is 2.84. The molecule has 1 saturated heterocycles. The first-order valence-corrected chi connectivity index (χ1v) is 7.99. The quantitative estimate of drug-likeness (QED) is 0.536. The topological polar surface area (TPSA) is 111 Å². The van der Waals surface area contributed by atoms with E-state index in [1.165, 1.54) is 43.3 Å². The lowest BCUT2D eigenvalue weighted by molar-refractivity contribution is -0.131. The maximum atomic E-state index is 12.7. The molecule has 2 aromatic carbocycles. The van der Waals surface area contributed by atoms with Gasteiger partial charge in [-0.1, -0.05) is 12.1 Å². The highest BCUT2D eigenvalue weighted by atomic mass is 19.3. The van der Waals surface area contributed by atoms with Crippen LogP contribution in [-0.2, 0) is 10.3 Å². The first-order chi connectivity index (χ1) is 13.2. The second kappa shape index (κ2) is 7.14. The van der Waals surface area contributed by atoms with Gasteiger partial charge in [-0.05, 0) is 36.8 Å². The predicted octanol–water partition coefficient (Wildman–Crippen LogP) is 2.50. The van der Waals surface area contributed by atoms with Crippen LogP contribution in [0.25, 0.3) is 0 Å². The van der Waals surface area contributed by atoms with E-state index < -0.39 is 24.1 Å². The second-order valence-electron chi connectivity index (χ2n) is 6.06. The van der Waals surface area contributed by atoms with E-state index in [2.05, 4.69) is 15.2 Å². The molecule has 0 aromatic heterocycles. The number of amides is 3. The van der Waals surface area contributed by atoms with Gasteiger partial charge in [0.25, 0.3) is 5.91 Å². The molecule has 2 aromatic rings. The van der Waals surface area contributed by atoms with Crippen LogP contribution in [0.1, 0.15) is 18.1 Å². The number of phenolic OH excluding ortho intramolecular Hbond substituents is 2. The summed E-state index contributed by atoms with van der Waals surface area (Å²) in [6, 6.07) is 8.23. The van der Waals surface area contributed by atoms with Gasteiger partial charge in [0.05, 0.1) is 6.21 Å². The van der Waals surface area contributed by atoms with E-state index in [1.807, 2.05) is 0 Å². The second-order valence-corrected chi connectivity index (χ2v) is 6.06. The van der Waals surface area contributed by atoms with E-state index >= 15 is 0 Å². The number of nitrogens with zero attached hydrogens (tertiary/aromatic N) is 2. The Balaban J connectivity index is 1.83. The maximum Gasteiger partial charge on any atom is 0.387 e. The molecular weight excluding hydrogens is 376 g/mol. The highest BCUT2D eigenvalue weighted by molar-refractivity contribution is 6.07. The summed E-state index contributed by atoms with van der Waals surface area (Å²) >= 11 is 0. The number of benzene rings is 2. The molecule has 3 amide bonds. The lowest BCUT2D eigenvalue weighted by Crippen LogP contribution is -2.40. The molecule has 0 bridgehead atoms. The highest BCUT2D eigenvalue weighted by Crippen LogP contribution is 2.30. The van der Waals surface area contributed by atoms with Crippen molar-refractivity contribution in [3.05, 3.63) is 53.6 Å². The van der Waals surface area contributed by atoms with Gasteiger partial charge in [-0.15, -0.1) is 5.01 Å². The minimum atomic E-state index is -2.98. The van der Waals surface area contributed by atoms with Crippen molar-refractivity contribution in [1.82, 2.24) is 10.3 Å². The van der Waals surface area contributed by atoms with Gasteiger partial charge >= 0.3 is 12.6 Å². The third kappa shape index (κ3) is 3.56. The van der Waals surface area contributed by atoms with E-state index in [4.69, 9.17) is 0 Å². The normalized spacial score (nSPS) is 19.5. The minimum Gasteiger partial charge on any atom is -0.508 e. The first-order valence-electron chi connectivity index (χ1n) is 7.99. The molecule has 1 atom stereocenters. The standard InChI is InChI=1S/C18H15F2N3O5/c1-18(11-3-6-13(7-4-11)28-16(19)20)15(26)23(17(27)22-18)21-9-10-2-5-12(24)8-14(10)25/h2-9,16,24-25H,1H3,(H,22,27)/b21-9+/t18-/m0/s1. The number of aromatic hydroxyl groups is 2. The smallest absolute Gasteiger partial charge is 0.387 e. The zero-order valence-electron chi connectivity index (χ0n) is 14.5. The van der Waals surface area contributed by atoms with Crippen molar-refractivity contribution in [1.29, 1.82) is 0 Å². The average molecular weight is 391 g/mol. The molecule has 3 N–H and O–H groups in total. The van der Waals surface area contributed by atoms with Gasteiger partial charge in [0.15, 0.2) is 0 Å². The van der Waals surface area contributed by atoms with Crippen molar-refractivity contribution in [2.75, 3.05) is 0 Å². The molecule has 0 spiro atoms. The fourth-order valence-electron chi connectivity index (χ4n) is 2.66. The molecule has 1 aliphatic rings. The molecule has 1 fully saturated rings. The molecule has 1 aliphatic heterocycles. The third-order valence-electron chi connectivity index (χ3n) is 4.15. The molecule has 8 nitrogen and oxygen atoms in total. The Kier molecular flexibility index (Phi) is 4.87. The Morgan fingerprint density at radius 1 is 1.18 bits per heavy atom. The van der Waals surface area contributed by atoms with Crippen molar-refractivity contribution >= 4 is 18.2 Å². The zero-order valence-corrected chi connectivity index (χ0v) is 14.5. The number of hydrogen-bond donors (Lipinski definition) is 3. The van der Waals surface area contributed by atoms with E-state index in [0.717, 1.165) is 12.3 Å². The molecule has 0 radical (unpaired) electrons. The Hall–Kier alpha value is -3.69. The summed E-state index contributed by atoms with van der Waals surface area (Å²) in [4.78, 5) is 24.9. The van der Waals surface area contributed by atoms with E-state index in [0.29, 0.717) is 10.6 Å². The summed E-state index contributed by atoms with van der Waals surface area (Å²) in [5.41, 5.74) is -0.937. The Bertz CT molecular complexity index is 949. The molecule has 3 rings (SSSR count). The van der Waals surface area contributed by atoms with Crippen LogP contribution in [0.2, 0.25) is 0 Å². The predicted molar refractivity (Wildman–Crippen MR) is 93.2 cm³/mol. The van der Waals surface area contributed by atoms with Gasteiger partial charge in [0, 0.05) is 11.6 Å². The Labute approximate surface area is 157 Å². The van der Waals surface area contributed by atoms with Crippen LogP contribution in [0, 0.1) is 0 Å². The lowest BCUT2D eigenvalue weighted by atomic mass is 9.92. The number of carbonyl (C=O) groups is 2. The van der Waals surface area contributed by atoms with Gasteiger partial charge in [-0.2, -0.15) is 13.9 Å². The van der Waals surface area contributed by atoms with Crippen LogP contribution >= 0.6 is 0 Å². The molecule has 0 saturated carbocycles. The van der Waals surface area contributed by atoms with Crippen LogP contribution in [0.15, 0.2) is 47.6 Å². The van der Waals surface area contributed by atoms with E-state index in [1.54, 1.807) is 0 Å². The number of nitrogens with one attached hydrogen (secondary N) is 1. The number of phenols is 2. The van der Waals surface area contributed by atoms with Gasteiger partial charge in [-0.25, -0.2) is 4.79 Å². The summed E-state index contributed by atoms with van der Waals surface area (Å²) in [6.45, 7) is -1.53. The minimum absolute atomic E-state index is 0.0863. The van der Waals surface area contributed by atoms with Crippen LogP contribution in [0.4, 0.5) is 13.6 Å². The third-order valence-corrected chi connectivity index (χ3v) is 4.15. The molecule has 10 heteroatoms. The molecule has 0 aliphatic carbocycles. The van der Waals surface area contributed by atoms with Gasteiger partial charge < -0.3 is 20.3 Å². The fraction of sp³-hybridized carbons (Fsp3) is 0.167. The van der Waals surface area contributed by atoms with Crippen LogP contribution in [0.5, 0.6) is 17.2 Å². The van der Waals surface area contributed by atoms with Crippen molar-refractivity contribution in [2.24, 2.45) is 5.10 Å². The fourth-order valence-corrected chi connectivity index (χ4v) is 2.66. The Morgan fingerprint density at radius 2 is 1.86 bits per heavy atom. The van der Waals surface area contributed by atoms with Gasteiger partial charge in [-0.3, -0.25) is 4.79 Å².